The van der Waals surface area contributed by atoms with Crippen LogP contribution in [0.4, 0.5) is 0 Å². The van der Waals surface area contributed by atoms with Gasteiger partial charge in [-0.3, -0.25) is 19.2 Å². The van der Waals surface area contributed by atoms with E-state index < -0.39 is 41.7 Å². The number of nitrogens with zero attached hydrogens (tertiary/aromatic N) is 2. The van der Waals surface area contributed by atoms with Gasteiger partial charge in [-0.05, 0) is 57.4 Å². The number of amides is 3. The monoisotopic (exact) mass is 637 g/mol. The number of nitrogens with one attached hydrogen (secondary N) is 1. The number of hydrogen-bond acceptors (Lipinski definition) is 7. The molecule has 252 valence electrons. The summed E-state index contributed by atoms with van der Waals surface area (Å²) in [5, 5.41) is 12.2. The number of aliphatic hydroxyl groups excluding tert-OH is 1. The molecule has 1 aromatic carbocycles. The van der Waals surface area contributed by atoms with Crippen LogP contribution in [0.3, 0.4) is 0 Å². The SMILES string of the molecule is C=CCCC(=O)NC[C@@H](OC(=O)[C@@H]1[C@H]2C(=O)N(CCCCCO)[C@H](C(=O)N(CC=C)C(C)CCC)[C@]23CC[C@H]1O3)c1ccccc1. The highest BCUT2D eigenvalue weighted by Gasteiger charge is 2.75. The molecule has 3 heterocycles. The quantitative estimate of drug-likeness (QED) is 0.133. The summed E-state index contributed by atoms with van der Waals surface area (Å²) in [5.41, 5.74) is -0.411. The lowest BCUT2D eigenvalue weighted by Gasteiger charge is -2.39. The van der Waals surface area contributed by atoms with Gasteiger partial charge in [-0.25, -0.2) is 0 Å². The fraction of sp³-hybridized carbons (Fsp3) is 0.611. The largest absolute Gasteiger partial charge is 0.455 e. The number of carbonyl (C=O) groups is 4. The lowest BCUT2D eigenvalue weighted by atomic mass is 9.70. The first-order chi connectivity index (χ1) is 22.2. The van der Waals surface area contributed by atoms with Crippen molar-refractivity contribution in [2.75, 3.05) is 26.2 Å². The maximum absolute atomic E-state index is 14.5. The first-order valence-electron chi connectivity index (χ1n) is 16.9. The third-order valence-corrected chi connectivity index (χ3v) is 9.70. The van der Waals surface area contributed by atoms with E-state index in [1.54, 1.807) is 22.0 Å². The van der Waals surface area contributed by atoms with Crippen LogP contribution in [0.1, 0.15) is 83.3 Å². The van der Waals surface area contributed by atoms with E-state index in [1.807, 2.05) is 37.3 Å². The van der Waals surface area contributed by atoms with Gasteiger partial charge in [-0.2, -0.15) is 0 Å². The van der Waals surface area contributed by atoms with Gasteiger partial charge in [0.25, 0.3) is 0 Å². The molecule has 3 aliphatic rings. The number of carbonyl (C=O) groups excluding carboxylic acids is 4. The van der Waals surface area contributed by atoms with Gasteiger partial charge in [-0.15, -0.1) is 13.2 Å². The number of esters is 1. The molecule has 1 unspecified atom stereocenters. The zero-order valence-electron chi connectivity index (χ0n) is 27.4. The van der Waals surface area contributed by atoms with Crippen LogP contribution in [0, 0.1) is 11.8 Å². The average molecular weight is 638 g/mol. The van der Waals surface area contributed by atoms with Crippen molar-refractivity contribution in [2.24, 2.45) is 11.8 Å². The maximum atomic E-state index is 14.5. The second-order valence-electron chi connectivity index (χ2n) is 12.8. The summed E-state index contributed by atoms with van der Waals surface area (Å²) in [6.45, 7) is 12.4. The first-order valence-corrected chi connectivity index (χ1v) is 16.9. The average Bonchev–Trinajstić information content (AvgIpc) is 3.70. The summed E-state index contributed by atoms with van der Waals surface area (Å²) < 4.78 is 12.7. The van der Waals surface area contributed by atoms with E-state index in [4.69, 9.17) is 9.47 Å². The minimum absolute atomic E-state index is 0.0561. The predicted octanol–water partition coefficient (Wildman–Crippen LogP) is 4.09. The number of hydrogen-bond donors (Lipinski definition) is 2. The summed E-state index contributed by atoms with van der Waals surface area (Å²) in [6.07, 6.45) is 7.52. The van der Waals surface area contributed by atoms with Gasteiger partial charge in [0.15, 0.2) is 0 Å². The summed E-state index contributed by atoms with van der Waals surface area (Å²) in [4.78, 5) is 58.8. The molecule has 1 spiro atoms. The number of likely N-dealkylation sites (tertiary alicyclic amines) is 1. The van der Waals surface area contributed by atoms with Crippen molar-refractivity contribution in [1.82, 2.24) is 15.1 Å². The van der Waals surface area contributed by atoms with Gasteiger partial charge < -0.3 is 29.7 Å². The number of allylic oxidation sites excluding steroid dienone is 1. The Balaban J connectivity index is 1.63. The van der Waals surface area contributed by atoms with Crippen LogP contribution in [0.5, 0.6) is 0 Å². The number of unbranched alkanes of at least 4 members (excludes halogenated alkanes) is 2. The zero-order valence-corrected chi connectivity index (χ0v) is 27.4. The number of aliphatic hydroxyl groups is 1. The molecule has 3 aliphatic heterocycles. The third-order valence-electron chi connectivity index (χ3n) is 9.70. The van der Waals surface area contributed by atoms with Gasteiger partial charge in [0.05, 0.1) is 24.5 Å². The van der Waals surface area contributed by atoms with Crippen LogP contribution in [0.25, 0.3) is 0 Å². The van der Waals surface area contributed by atoms with Crippen molar-refractivity contribution in [1.29, 1.82) is 0 Å². The molecule has 0 saturated carbocycles. The second-order valence-corrected chi connectivity index (χ2v) is 12.8. The smallest absolute Gasteiger partial charge is 0.313 e. The first kappa shape index (κ1) is 35.4. The molecule has 1 aromatic rings. The van der Waals surface area contributed by atoms with Gasteiger partial charge in [0.1, 0.15) is 17.7 Å². The van der Waals surface area contributed by atoms with E-state index in [-0.39, 0.29) is 43.3 Å². The molecule has 2 bridgehead atoms. The topological polar surface area (TPSA) is 125 Å². The number of benzene rings is 1. The van der Waals surface area contributed by atoms with Crippen molar-refractivity contribution >= 4 is 23.7 Å². The van der Waals surface area contributed by atoms with Gasteiger partial charge >= 0.3 is 5.97 Å². The van der Waals surface area contributed by atoms with Gasteiger partial charge in [-0.1, -0.05) is 55.8 Å². The Hall–Kier alpha value is -3.50. The molecular weight excluding hydrogens is 586 g/mol. The number of rotatable bonds is 19. The number of fused-ring (bicyclic) bond motifs is 1. The third kappa shape index (κ3) is 7.39. The fourth-order valence-corrected chi connectivity index (χ4v) is 7.51. The molecule has 0 aliphatic carbocycles. The Morgan fingerprint density at radius 2 is 1.96 bits per heavy atom. The molecule has 2 N–H and O–H groups in total. The fourth-order valence-electron chi connectivity index (χ4n) is 7.51. The zero-order chi connectivity index (χ0) is 33.3. The van der Waals surface area contributed by atoms with Gasteiger partial charge in [0, 0.05) is 32.2 Å². The summed E-state index contributed by atoms with van der Waals surface area (Å²) in [5.74, 6) is -2.90. The molecule has 3 fully saturated rings. The minimum Gasteiger partial charge on any atom is -0.455 e. The Kier molecular flexibility index (Phi) is 12.6. The van der Waals surface area contributed by atoms with Gasteiger partial charge in [0.2, 0.25) is 17.7 Å². The summed E-state index contributed by atoms with van der Waals surface area (Å²) in [7, 11) is 0. The van der Waals surface area contributed by atoms with Crippen molar-refractivity contribution < 1.29 is 33.8 Å². The Labute approximate surface area is 273 Å². The molecule has 46 heavy (non-hydrogen) atoms. The van der Waals surface area contributed by atoms with Crippen LogP contribution in [-0.2, 0) is 28.7 Å². The van der Waals surface area contributed by atoms with Crippen LogP contribution >= 0.6 is 0 Å². The molecule has 4 rings (SSSR count). The summed E-state index contributed by atoms with van der Waals surface area (Å²) >= 11 is 0. The minimum atomic E-state index is -1.13. The van der Waals surface area contributed by atoms with E-state index in [9.17, 15) is 24.3 Å². The van der Waals surface area contributed by atoms with Crippen molar-refractivity contribution in [3.05, 3.63) is 61.2 Å². The van der Waals surface area contributed by atoms with E-state index in [0.717, 1.165) is 18.4 Å². The molecule has 10 heteroatoms. The van der Waals surface area contributed by atoms with E-state index in [0.29, 0.717) is 51.6 Å². The van der Waals surface area contributed by atoms with E-state index in [2.05, 4.69) is 25.4 Å². The maximum Gasteiger partial charge on any atom is 0.313 e. The Morgan fingerprint density at radius 1 is 1.20 bits per heavy atom. The highest BCUT2D eigenvalue weighted by atomic mass is 16.6. The highest BCUT2D eigenvalue weighted by molar-refractivity contribution is 5.98. The number of ether oxygens (including phenoxy) is 2. The molecule has 3 saturated heterocycles. The Morgan fingerprint density at radius 3 is 2.63 bits per heavy atom. The molecule has 7 atom stereocenters. The lowest BCUT2D eigenvalue weighted by Crippen LogP contribution is -2.57. The van der Waals surface area contributed by atoms with Crippen molar-refractivity contribution in [3.8, 4) is 0 Å². The lowest BCUT2D eigenvalue weighted by molar-refractivity contribution is -0.160. The van der Waals surface area contributed by atoms with E-state index >= 15 is 0 Å². The van der Waals surface area contributed by atoms with Crippen LogP contribution in [0.15, 0.2) is 55.6 Å². The van der Waals surface area contributed by atoms with E-state index in [1.165, 1.54) is 0 Å². The molecule has 0 radical (unpaired) electrons. The standard InChI is InChI=1S/C36H51N3O7/c1-5-8-18-29(41)37-24-28(26-16-11-9-12-17-26)45-35(44)30-27-19-20-36(46-27)31(30)33(42)39(22-13-10-14-23-40)32(36)34(43)38(21-7-3)25(4)15-6-2/h5,7,9,11-12,16-17,25,27-28,30-32,40H,1,3,6,8,10,13-15,18-24H2,2,4H3,(H,37,41)/t25?,27-,28-,30+,31+,32-,36+/m1/s1. The van der Waals surface area contributed by atoms with Crippen LogP contribution < -0.4 is 5.32 Å². The molecular formula is C36H51N3O7. The molecule has 3 amide bonds. The highest BCUT2D eigenvalue weighted by Crippen LogP contribution is 2.59. The molecule has 0 aromatic heterocycles. The Bertz CT molecular complexity index is 1240. The second kappa shape index (κ2) is 16.4. The van der Waals surface area contributed by atoms with Crippen molar-refractivity contribution in [2.45, 2.75) is 102 Å². The predicted molar refractivity (Wildman–Crippen MR) is 174 cm³/mol. The molecule has 10 nitrogen and oxygen atoms in total. The van der Waals surface area contributed by atoms with Crippen molar-refractivity contribution in [3.63, 3.8) is 0 Å². The van der Waals surface area contributed by atoms with Crippen LogP contribution in [0.2, 0.25) is 0 Å². The van der Waals surface area contributed by atoms with Crippen LogP contribution in [-0.4, -0.2) is 88.6 Å². The summed E-state index contributed by atoms with van der Waals surface area (Å²) in [6, 6.07) is 8.28. The normalized spacial score (nSPS) is 25.9.